The van der Waals surface area contributed by atoms with E-state index >= 15 is 0 Å². The lowest BCUT2D eigenvalue weighted by atomic mass is 10.2. The number of benzene rings is 2. The van der Waals surface area contributed by atoms with Crippen LogP contribution in [-0.2, 0) is 0 Å². The highest BCUT2D eigenvalue weighted by atomic mass is 35.5. The summed E-state index contributed by atoms with van der Waals surface area (Å²) in [7, 11) is 0. The van der Waals surface area contributed by atoms with Crippen LogP contribution in [0.15, 0.2) is 64.1 Å². The molecule has 188 valence electrons. The third-order valence-electron chi connectivity index (χ3n) is 5.05. The van der Waals surface area contributed by atoms with Crippen molar-refractivity contribution in [3.63, 3.8) is 0 Å². The Labute approximate surface area is 219 Å². The van der Waals surface area contributed by atoms with Crippen molar-refractivity contribution in [2.75, 3.05) is 34.2 Å². The van der Waals surface area contributed by atoms with Crippen LogP contribution in [0.3, 0.4) is 0 Å². The normalized spacial score (nSPS) is 10.9. The predicted molar refractivity (Wildman–Crippen MR) is 142 cm³/mol. The first-order valence-electron chi connectivity index (χ1n) is 10.9. The number of fused-ring (bicyclic) bond motifs is 1. The Morgan fingerprint density at radius 2 is 1.92 bits per heavy atom. The Bertz CT molecular complexity index is 1560. The number of rotatable bonds is 10. The first kappa shape index (κ1) is 24.2. The molecule has 3 heterocycles. The lowest BCUT2D eigenvalue weighted by Gasteiger charge is -2.11. The van der Waals surface area contributed by atoms with E-state index in [1.165, 1.54) is 22.7 Å². The molecule has 0 aliphatic carbocycles. The number of phenolic OH excluding ortho intramolecular Hbond substituents is 1. The third-order valence-corrected chi connectivity index (χ3v) is 6.15. The van der Waals surface area contributed by atoms with Crippen LogP contribution in [0.2, 0.25) is 5.02 Å². The van der Waals surface area contributed by atoms with Crippen molar-refractivity contribution in [3.8, 4) is 17.3 Å². The minimum Gasteiger partial charge on any atom is -0.506 e. The maximum Gasteiger partial charge on any atom is 0.259 e. The van der Waals surface area contributed by atoms with Gasteiger partial charge in [0, 0.05) is 29.4 Å². The van der Waals surface area contributed by atoms with Crippen molar-refractivity contribution < 1.29 is 14.3 Å². The standard InChI is InChI=1S/C23H20ClN9O3S/c24-17-11-16(9-13(12-34)19(17)35)37-32-15-4-1-3-14(10-15)26-6-7-27-22-29-21(25)33-23(30-22)28-20(31-33)18-5-2-8-36-18/h1-5,8-12,26,32,35H,6-7H2,(H3,25,27,28,29,30,31). The van der Waals surface area contributed by atoms with Crippen molar-refractivity contribution in [2.24, 2.45) is 0 Å². The van der Waals surface area contributed by atoms with Gasteiger partial charge in [-0.25, -0.2) is 0 Å². The van der Waals surface area contributed by atoms with Gasteiger partial charge in [-0.3, -0.25) is 4.79 Å². The number of aromatic hydroxyl groups is 1. The smallest absolute Gasteiger partial charge is 0.259 e. The van der Waals surface area contributed by atoms with Gasteiger partial charge in [0.1, 0.15) is 5.75 Å². The first-order valence-corrected chi connectivity index (χ1v) is 12.1. The molecule has 0 aliphatic heterocycles. The minimum absolute atomic E-state index is 0.115. The average molecular weight is 538 g/mol. The van der Waals surface area contributed by atoms with Crippen LogP contribution >= 0.6 is 23.5 Å². The van der Waals surface area contributed by atoms with Crippen LogP contribution in [0.1, 0.15) is 10.4 Å². The van der Waals surface area contributed by atoms with Gasteiger partial charge in [-0.2, -0.15) is 19.5 Å². The van der Waals surface area contributed by atoms with Gasteiger partial charge in [0.2, 0.25) is 17.7 Å². The Hall–Kier alpha value is -4.49. The van der Waals surface area contributed by atoms with Crippen molar-refractivity contribution in [1.82, 2.24) is 24.6 Å². The number of carbonyl (C=O) groups is 1. The molecular weight excluding hydrogens is 518 g/mol. The summed E-state index contributed by atoms with van der Waals surface area (Å²) >= 11 is 7.26. The number of nitrogens with two attached hydrogens (primary N) is 1. The van der Waals surface area contributed by atoms with E-state index in [0.717, 1.165) is 11.4 Å². The molecule has 0 atom stereocenters. The zero-order chi connectivity index (χ0) is 25.8. The zero-order valence-corrected chi connectivity index (χ0v) is 20.6. The lowest BCUT2D eigenvalue weighted by molar-refractivity contribution is 0.112. The number of hydrogen-bond donors (Lipinski definition) is 5. The molecule has 6 N–H and O–H groups in total. The van der Waals surface area contributed by atoms with Gasteiger partial charge in [-0.05, 0) is 54.4 Å². The van der Waals surface area contributed by atoms with Gasteiger partial charge in [0.25, 0.3) is 5.78 Å². The number of nitrogens with zero attached hydrogens (tertiary/aromatic N) is 5. The zero-order valence-electron chi connectivity index (χ0n) is 19.1. The first-order chi connectivity index (χ1) is 18.0. The summed E-state index contributed by atoms with van der Waals surface area (Å²) in [5, 5.41) is 20.6. The summed E-state index contributed by atoms with van der Waals surface area (Å²) in [6.07, 6.45) is 2.10. The summed E-state index contributed by atoms with van der Waals surface area (Å²) < 4.78 is 9.87. The highest BCUT2D eigenvalue weighted by molar-refractivity contribution is 8.00. The van der Waals surface area contributed by atoms with E-state index < -0.39 is 0 Å². The van der Waals surface area contributed by atoms with Crippen LogP contribution in [0.4, 0.5) is 23.3 Å². The van der Waals surface area contributed by atoms with Crippen LogP contribution in [0, 0.1) is 0 Å². The fraction of sp³-hybridized carbons (Fsp3) is 0.0870. The fourth-order valence-corrected chi connectivity index (χ4v) is 4.35. The van der Waals surface area contributed by atoms with E-state index in [1.54, 1.807) is 24.3 Å². The Balaban J connectivity index is 1.16. The Morgan fingerprint density at radius 1 is 1.08 bits per heavy atom. The molecule has 12 nitrogen and oxygen atoms in total. The van der Waals surface area contributed by atoms with Crippen LogP contribution in [0.25, 0.3) is 17.4 Å². The number of anilines is 4. The van der Waals surface area contributed by atoms with Crippen molar-refractivity contribution in [1.29, 1.82) is 0 Å². The second-order valence-corrected chi connectivity index (χ2v) is 8.92. The molecule has 0 radical (unpaired) electrons. The maximum absolute atomic E-state index is 11.1. The number of aromatic nitrogens is 5. The minimum atomic E-state index is -0.228. The van der Waals surface area contributed by atoms with Gasteiger partial charge in [0.05, 0.1) is 16.8 Å². The summed E-state index contributed by atoms with van der Waals surface area (Å²) in [4.78, 5) is 24.7. The largest absolute Gasteiger partial charge is 0.506 e. The highest BCUT2D eigenvalue weighted by Crippen LogP contribution is 2.33. The molecule has 5 aromatic rings. The van der Waals surface area contributed by atoms with Crippen LogP contribution in [-0.4, -0.2) is 49.0 Å². The van der Waals surface area contributed by atoms with E-state index in [-0.39, 0.29) is 22.3 Å². The van der Waals surface area contributed by atoms with Gasteiger partial charge >= 0.3 is 0 Å². The van der Waals surface area contributed by atoms with Crippen LogP contribution < -0.4 is 21.1 Å². The molecule has 0 fully saturated rings. The molecule has 2 aromatic carbocycles. The number of furan rings is 1. The Kier molecular flexibility index (Phi) is 6.96. The number of carbonyl (C=O) groups excluding carboxylic acids is 1. The number of hydrogen-bond acceptors (Lipinski definition) is 12. The maximum atomic E-state index is 11.1. The molecule has 3 aromatic heterocycles. The molecule has 0 saturated carbocycles. The second-order valence-electron chi connectivity index (χ2n) is 7.63. The van der Waals surface area contributed by atoms with E-state index in [2.05, 4.69) is 35.4 Å². The summed E-state index contributed by atoms with van der Waals surface area (Å²) in [6, 6.07) is 14.3. The number of phenols is 1. The quantitative estimate of drug-likeness (QED) is 0.0979. The molecule has 0 spiro atoms. The van der Waals surface area contributed by atoms with Gasteiger partial charge in [0.15, 0.2) is 12.0 Å². The summed E-state index contributed by atoms with van der Waals surface area (Å²) in [6.45, 7) is 1.09. The second kappa shape index (κ2) is 10.6. The summed E-state index contributed by atoms with van der Waals surface area (Å²) in [5.41, 5.74) is 7.87. The van der Waals surface area contributed by atoms with E-state index in [9.17, 15) is 9.90 Å². The Morgan fingerprint density at radius 3 is 2.73 bits per heavy atom. The third kappa shape index (κ3) is 5.52. The van der Waals surface area contributed by atoms with Crippen molar-refractivity contribution >= 4 is 58.9 Å². The molecule has 0 aliphatic rings. The predicted octanol–water partition coefficient (Wildman–Crippen LogP) is 4.18. The van der Waals surface area contributed by atoms with Crippen molar-refractivity contribution in [2.45, 2.75) is 4.90 Å². The monoisotopic (exact) mass is 537 g/mol. The molecule has 5 rings (SSSR count). The number of nitrogen functional groups attached to an aromatic ring is 1. The topological polar surface area (TPSA) is 169 Å². The van der Waals surface area contributed by atoms with Crippen LogP contribution in [0.5, 0.6) is 5.75 Å². The molecule has 0 saturated heterocycles. The highest BCUT2D eigenvalue weighted by Gasteiger charge is 2.14. The average Bonchev–Trinajstić information content (AvgIpc) is 3.58. The van der Waals surface area contributed by atoms with E-state index in [0.29, 0.717) is 47.6 Å². The number of nitrogens with one attached hydrogen (secondary N) is 3. The SMILES string of the molecule is Nc1nc(NCCNc2cccc(NSc3cc(Cl)c(O)c(C=O)c3)c2)nc2nc(-c3ccco3)nn12. The van der Waals surface area contributed by atoms with Gasteiger partial charge < -0.3 is 30.6 Å². The van der Waals surface area contributed by atoms with E-state index in [4.69, 9.17) is 21.8 Å². The molecule has 14 heteroatoms. The molecule has 0 amide bonds. The molecule has 0 bridgehead atoms. The van der Waals surface area contributed by atoms with Gasteiger partial charge in [-0.15, -0.1) is 5.10 Å². The molecule has 37 heavy (non-hydrogen) atoms. The number of aldehydes is 1. The van der Waals surface area contributed by atoms with Crippen molar-refractivity contribution in [3.05, 3.63) is 65.4 Å². The number of halogens is 1. The molecule has 0 unspecified atom stereocenters. The van der Waals surface area contributed by atoms with Gasteiger partial charge in [-0.1, -0.05) is 17.7 Å². The fourth-order valence-electron chi connectivity index (χ4n) is 3.33. The summed E-state index contributed by atoms with van der Waals surface area (Å²) in [5.74, 6) is 1.44. The van der Waals surface area contributed by atoms with E-state index in [1.807, 2.05) is 24.3 Å². The molecular formula is C23H20ClN9O3S. The lowest BCUT2D eigenvalue weighted by Crippen LogP contribution is -2.16.